The Morgan fingerprint density at radius 3 is 2.15 bits per heavy atom. The predicted octanol–water partition coefficient (Wildman–Crippen LogP) is 4.59. The van der Waals surface area contributed by atoms with Crippen LogP contribution in [0, 0.1) is 11.3 Å². The molecule has 0 fully saturated rings. The molecule has 0 rings (SSSR count). The van der Waals surface area contributed by atoms with Crippen LogP contribution in [0.2, 0.25) is 0 Å². The molecule has 0 saturated heterocycles. The van der Waals surface area contributed by atoms with E-state index in [1.54, 1.807) is 0 Å². The largest absolute Gasteiger partial charge is 0.161 e. The molecular formula is C12H26S. The van der Waals surface area contributed by atoms with Gasteiger partial charge in [-0.05, 0) is 29.3 Å². The molecule has 0 radical (unpaired) electrons. The van der Waals surface area contributed by atoms with Crippen LogP contribution in [0.15, 0.2) is 0 Å². The lowest BCUT2D eigenvalue weighted by molar-refractivity contribution is 0.480. The van der Waals surface area contributed by atoms with Crippen LogP contribution >= 0.6 is 11.8 Å². The molecule has 0 aromatic rings. The summed E-state index contributed by atoms with van der Waals surface area (Å²) in [5.74, 6) is 3.53. The van der Waals surface area contributed by atoms with Crippen molar-refractivity contribution in [1.29, 1.82) is 0 Å². The van der Waals surface area contributed by atoms with E-state index in [1.807, 2.05) is 0 Å². The van der Waals surface area contributed by atoms with Gasteiger partial charge in [0, 0.05) is 0 Å². The van der Waals surface area contributed by atoms with E-state index in [1.165, 1.54) is 30.8 Å². The quantitative estimate of drug-likeness (QED) is 0.568. The van der Waals surface area contributed by atoms with Crippen LogP contribution in [0.3, 0.4) is 0 Å². The Bertz CT molecular complexity index is 111. The van der Waals surface area contributed by atoms with Crippen molar-refractivity contribution >= 4 is 11.8 Å². The number of hydrogen-bond donors (Lipinski definition) is 0. The Morgan fingerprint density at radius 1 is 1.08 bits per heavy atom. The van der Waals surface area contributed by atoms with Gasteiger partial charge in [-0.2, -0.15) is 11.8 Å². The molecular weight excluding hydrogens is 176 g/mol. The molecule has 0 aliphatic rings. The maximum atomic E-state index is 2.31. The molecule has 0 heterocycles. The van der Waals surface area contributed by atoms with Gasteiger partial charge in [-0.15, -0.1) is 0 Å². The van der Waals surface area contributed by atoms with Crippen molar-refractivity contribution < 1.29 is 0 Å². The van der Waals surface area contributed by atoms with Crippen molar-refractivity contribution in [2.24, 2.45) is 11.3 Å². The van der Waals surface area contributed by atoms with Crippen molar-refractivity contribution in [2.45, 2.75) is 53.9 Å². The SMILES string of the molecule is CC(C)CCCCSCC(C)(C)C. The Balaban J connectivity index is 3.09. The van der Waals surface area contributed by atoms with Crippen LogP contribution < -0.4 is 0 Å². The average molecular weight is 202 g/mol. The van der Waals surface area contributed by atoms with Crippen LogP contribution in [0.4, 0.5) is 0 Å². The molecule has 80 valence electrons. The first-order valence-corrected chi connectivity index (χ1v) is 6.65. The highest BCUT2D eigenvalue weighted by atomic mass is 32.2. The molecule has 0 saturated carbocycles. The molecule has 13 heavy (non-hydrogen) atoms. The normalized spacial score (nSPS) is 12.5. The Morgan fingerprint density at radius 2 is 1.69 bits per heavy atom. The van der Waals surface area contributed by atoms with Crippen LogP contribution in [-0.4, -0.2) is 11.5 Å². The third-order valence-corrected chi connectivity index (χ3v) is 3.50. The molecule has 0 nitrogen and oxygen atoms in total. The fraction of sp³-hybridized carbons (Fsp3) is 1.00. The van der Waals surface area contributed by atoms with Crippen molar-refractivity contribution in [3.8, 4) is 0 Å². The van der Waals surface area contributed by atoms with Gasteiger partial charge in [0.05, 0.1) is 0 Å². The third-order valence-electron chi connectivity index (χ3n) is 1.86. The molecule has 0 aliphatic carbocycles. The summed E-state index contributed by atoms with van der Waals surface area (Å²) in [7, 11) is 0. The zero-order valence-corrected chi connectivity index (χ0v) is 10.8. The monoisotopic (exact) mass is 202 g/mol. The second-order valence-corrected chi connectivity index (χ2v) is 6.61. The van der Waals surface area contributed by atoms with E-state index < -0.39 is 0 Å². The van der Waals surface area contributed by atoms with E-state index in [9.17, 15) is 0 Å². The summed E-state index contributed by atoms with van der Waals surface area (Å²) in [4.78, 5) is 0. The summed E-state index contributed by atoms with van der Waals surface area (Å²) in [6.45, 7) is 11.6. The number of thioether (sulfide) groups is 1. The highest BCUT2D eigenvalue weighted by Crippen LogP contribution is 2.21. The summed E-state index contributed by atoms with van der Waals surface area (Å²) >= 11 is 2.11. The summed E-state index contributed by atoms with van der Waals surface area (Å²) < 4.78 is 0. The van der Waals surface area contributed by atoms with Crippen LogP contribution in [0.1, 0.15) is 53.9 Å². The standard InChI is InChI=1S/C12H26S/c1-11(2)8-6-7-9-13-10-12(3,4)5/h11H,6-10H2,1-5H3. The Labute approximate surface area is 88.9 Å². The van der Waals surface area contributed by atoms with E-state index in [0.717, 1.165) is 5.92 Å². The summed E-state index contributed by atoms with van der Waals surface area (Å²) in [6.07, 6.45) is 4.21. The van der Waals surface area contributed by atoms with E-state index in [0.29, 0.717) is 5.41 Å². The minimum Gasteiger partial charge on any atom is -0.161 e. The molecule has 0 amide bonds. The second kappa shape index (κ2) is 6.75. The number of unbranched alkanes of at least 4 members (excludes halogenated alkanes) is 1. The Kier molecular flexibility index (Phi) is 6.93. The van der Waals surface area contributed by atoms with Gasteiger partial charge < -0.3 is 0 Å². The predicted molar refractivity (Wildman–Crippen MR) is 65.5 cm³/mol. The molecule has 0 N–H and O–H groups in total. The highest BCUT2D eigenvalue weighted by Gasteiger charge is 2.08. The molecule has 0 spiro atoms. The van der Waals surface area contributed by atoms with Crippen molar-refractivity contribution in [1.82, 2.24) is 0 Å². The molecule has 0 aliphatic heterocycles. The zero-order valence-electron chi connectivity index (χ0n) is 10.0. The average Bonchev–Trinajstić information content (AvgIpc) is 1.93. The van der Waals surface area contributed by atoms with Crippen LogP contribution in [-0.2, 0) is 0 Å². The minimum absolute atomic E-state index is 0.503. The van der Waals surface area contributed by atoms with Gasteiger partial charge in [-0.1, -0.05) is 47.5 Å². The van der Waals surface area contributed by atoms with E-state index in [-0.39, 0.29) is 0 Å². The minimum atomic E-state index is 0.503. The van der Waals surface area contributed by atoms with Crippen LogP contribution in [0.25, 0.3) is 0 Å². The molecule has 0 atom stereocenters. The number of hydrogen-bond acceptors (Lipinski definition) is 1. The summed E-state index contributed by atoms with van der Waals surface area (Å²) in [6, 6.07) is 0. The van der Waals surface area contributed by atoms with E-state index >= 15 is 0 Å². The van der Waals surface area contributed by atoms with Crippen LogP contribution in [0.5, 0.6) is 0 Å². The first-order valence-electron chi connectivity index (χ1n) is 5.49. The summed E-state index contributed by atoms with van der Waals surface area (Å²) in [5, 5.41) is 0. The molecule has 0 aromatic heterocycles. The van der Waals surface area contributed by atoms with Gasteiger partial charge in [0.25, 0.3) is 0 Å². The Hall–Kier alpha value is 0.350. The lowest BCUT2D eigenvalue weighted by Gasteiger charge is -2.17. The van der Waals surface area contributed by atoms with Gasteiger partial charge in [-0.3, -0.25) is 0 Å². The smallest absolute Gasteiger partial charge is 0.00187 e. The fourth-order valence-electron chi connectivity index (χ4n) is 1.14. The molecule has 1 heteroatoms. The van der Waals surface area contributed by atoms with Gasteiger partial charge in [-0.25, -0.2) is 0 Å². The summed E-state index contributed by atoms with van der Waals surface area (Å²) in [5.41, 5.74) is 0.503. The van der Waals surface area contributed by atoms with Crippen molar-refractivity contribution in [2.75, 3.05) is 11.5 Å². The van der Waals surface area contributed by atoms with Gasteiger partial charge in [0.2, 0.25) is 0 Å². The zero-order chi connectivity index (χ0) is 10.3. The topological polar surface area (TPSA) is 0 Å². The van der Waals surface area contributed by atoms with E-state index in [2.05, 4.69) is 46.4 Å². The molecule has 0 aromatic carbocycles. The second-order valence-electron chi connectivity index (χ2n) is 5.50. The number of rotatable bonds is 6. The molecule has 0 unspecified atom stereocenters. The van der Waals surface area contributed by atoms with Crippen molar-refractivity contribution in [3.05, 3.63) is 0 Å². The van der Waals surface area contributed by atoms with E-state index in [4.69, 9.17) is 0 Å². The highest BCUT2D eigenvalue weighted by molar-refractivity contribution is 7.99. The third kappa shape index (κ3) is 12.4. The first kappa shape index (κ1) is 13.4. The maximum absolute atomic E-state index is 2.31. The van der Waals surface area contributed by atoms with Gasteiger partial charge in [0.15, 0.2) is 0 Å². The first-order chi connectivity index (χ1) is 5.92. The lowest BCUT2D eigenvalue weighted by Crippen LogP contribution is -2.08. The van der Waals surface area contributed by atoms with Crippen molar-refractivity contribution in [3.63, 3.8) is 0 Å². The van der Waals surface area contributed by atoms with Gasteiger partial charge in [0.1, 0.15) is 0 Å². The maximum Gasteiger partial charge on any atom is -0.00187 e. The van der Waals surface area contributed by atoms with Gasteiger partial charge >= 0.3 is 0 Å². The molecule has 0 bridgehead atoms. The lowest BCUT2D eigenvalue weighted by atomic mass is 10.0. The fourth-order valence-corrected chi connectivity index (χ4v) is 2.30.